The van der Waals surface area contributed by atoms with Gasteiger partial charge in [0.25, 0.3) is 0 Å². The molecule has 0 fully saturated rings. The van der Waals surface area contributed by atoms with Crippen molar-refractivity contribution in [3.8, 4) is 5.75 Å². The molecular weight excluding hydrogens is 275 g/mol. The van der Waals surface area contributed by atoms with Crippen LogP contribution in [0.4, 0.5) is 18.9 Å². The predicted octanol–water partition coefficient (Wildman–Crippen LogP) is 3.59. The van der Waals surface area contributed by atoms with E-state index in [-0.39, 0.29) is 6.61 Å². The summed E-state index contributed by atoms with van der Waals surface area (Å²) in [6.07, 6.45) is 0. The molecule has 2 rings (SSSR count). The van der Waals surface area contributed by atoms with E-state index in [1.54, 1.807) is 30.3 Å². The number of nitro benzene ring substituents is 1. The Morgan fingerprint density at radius 3 is 2.35 bits per heavy atom. The number of hydrogen-bond acceptors (Lipinski definition) is 3. The minimum absolute atomic E-state index is 0.133. The normalized spacial score (nSPS) is 10.3. The van der Waals surface area contributed by atoms with Crippen LogP contribution in [0.1, 0.15) is 5.56 Å². The largest absolute Gasteiger partial charge is 0.482 e. The molecule has 0 aliphatic heterocycles. The van der Waals surface area contributed by atoms with E-state index in [4.69, 9.17) is 4.74 Å². The van der Waals surface area contributed by atoms with E-state index in [1.807, 2.05) is 0 Å². The Morgan fingerprint density at radius 2 is 1.75 bits per heavy atom. The van der Waals surface area contributed by atoms with Gasteiger partial charge in [-0.1, -0.05) is 30.3 Å². The highest BCUT2D eigenvalue weighted by Crippen LogP contribution is 2.33. The smallest absolute Gasteiger partial charge is 0.349 e. The van der Waals surface area contributed by atoms with Gasteiger partial charge in [-0.2, -0.15) is 4.39 Å². The Bertz CT molecular complexity index is 647. The molecule has 104 valence electrons. The minimum atomic E-state index is -1.90. The second-order valence-corrected chi connectivity index (χ2v) is 3.86. The van der Waals surface area contributed by atoms with Gasteiger partial charge in [0.05, 0.1) is 4.92 Å². The molecule has 0 saturated heterocycles. The van der Waals surface area contributed by atoms with Crippen LogP contribution < -0.4 is 4.74 Å². The molecule has 0 radical (unpaired) electrons. The molecule has 0 aliphatic carbocycles. The Hall–Kier alpha value is -2.57. The van der Waals surface area contributed by atoms with E-state index in [0.29, 0.717) is 11.6 Å². The summed E-state index contributed by atoms with van der Waals surface area (Å²) in [5.41, 5.74) is -0.577. The molecule has 0 amide bonds. The lowest BCUT2D eigenvalue weighted by molar-refractivity contribution is -0.389. The van der Waals surface area contributed by atoms with Gasteiger partial charge in [-0.25, -0.2) is 8.78 Å². The van der Waals surface area contributed by atoms with E-state index >= 15 is 0 Å². The van der Waals surface area contributed by atoms with Crippen LogP contribution in [0.5, 0.6) is 5.75 Å². The van der Waals surface area contributed by atoms with Crippen LogP contribution in [-0.2, 0) is 6.61 Å². The van der Waals surface area contributed by atoms with Crippen molar-refractivity contribution in [3.63, 3.8) is 0 Å². The predicted molar refractivity (Wildman–Crippen MR) is 63.7 cm³/mol. The zero-order chi connectivity index (χ0) is 14.7. The molecule has 20 heavy (non-hydrogen) atoms. The summed E-state index contributed by atoms with van der Waals surface area (Å²) < 4.78 is 44.5. The van der Waals surface area contributed by atoms with Gasteiger partial charge < -0.3 is 4.74 Å². The third-order valence-electron chi connectivity index (χ3n) is 2.52. The maximum absolute atomic E-state index is 13.4. The van der Waals surface area contributed by atoms with E-state index in [9.17, 15) is 23.3 Å². The molecule has 0 saturated carbocycles. The summed E-state index contributed by atoms with van der Waals surface area (Å²) in [7, 11) is 0. The number of benzene rings is 2. The first kappa shape index (κ1) is 13.9. The minimum Gasteiger partial charge on any atom is -0.482 e. The summed E-state index contributed by atoms with van der Waals surface area (Å²) in [6.45, 7) is -0.133. The average molecular weight is 283 g/mol. The van der Waals surface area contributed by atoms with Gasteiger partial charge in [0, 0.05) is 6.07 Å². The van der Waals surface area contributed by atoms with Crippen molar-refractivity contribution in [1.29, 1.82) is 0 Å². The highest BCUT2D eigenvalue weighted by atomic mass is 19.2. The SMILES string of the molecule is O=[N+]([O-])c1c(OCc2ccccc2)cc(F)c(F)c1F. The molecule has 0 heterocycles. The van der Waals surface area contributed by atoms with Gasteiger partial charge in [0.1, 0.15) is 6.61 Å². The van der Waals surface area contributed by atoms with Gasteiger partial charge in [0.2, 0.25) is 17.4 Å². The van der Waals surface area contributed by atoms with Crippen molar-refractivity contribution < 1.29 is 22.8 Å². The lowest BCUT2D eigenvalue weighted by Crippen LogP contribution is -2.04. The molecule has 2 aromatic rings. The Kier molecular flexibility index (Phi) is 3.88. The van der Waals surface area contributed by atoms with E-state index in [1.165, 1.54) is 0 Å². The van der Waals surface area contributed by atoms with E-state index in [2.05, 4.69) is 0 Å². The fourth-order valence-electron chi connectivity index (χ4n) is 1.58. The summed E-state index contributed by atoms with van der Waals surface area (Å²) >= 11 is 0. The standard InChI is InChI=1S/C13H8F3NO3/c14-9-6-10(13(17(18)19)12(16)11(9)15)20-7-8-4-2-1-3-5-8/h1-6H,7H2. The maximum atomic E-state index is 13.4. The number of nitro groups is 1. The third kappa shape index (κ3) is 2.71. The summed E-state index contributed by atoms with van der Waals surface area (Å²) in [4.78, 5) is 9.56. The van der Waals surface area contributed by atoms with Crippen LogP contribution in [-0.4, -0.2) is 4.92 Å². The lowest BCUT2D eigenvalue weighted by Gasteiger charge is -2.08. The first-order valence-corrected chi connectivity index (χ1v) is 5.49. The third-order valence-corrected chi connectivity index (χ3v) is 2.52. The van der Waals surface area contributed by atoms with Crippen molar-refractivity contribution in [3.05, 3.63) is 69.5 Å². The Balaban J connectivity index is 2.34. The molecule has 2 aromatic carbocycles. The highest BCUT2D eigenvalue weighted by Gasteiger charge is 2.28. The monoisotopic (exact) mass is 283 g/mol. The number of ether oxygens (including phenoxy) is 1. The van der Waals surface area contributed by atoms with Gasteiger partial charge in [0.15, 0.2) is 5.82 Å². The fourth-order valence-corrected chi connectivity index (χ4v) is 1.58. The zero-order valence-electron chi connectivity index (χ0n) is 9.98. The van der Waals surface area contributed by atoms with Crippen molar-refractivity contribution in [1.82, 2.24) is 0 Å². The second-order valence-electron chi connectivity index (χ2n) is 3.86. The average Bonchev–Trinajstić information content (AvgIpc) is 2.43. The number of rotatable bonds is 4. The van der Waals surface area contributed by atoms with Crippen LogP contribution in [0, 0.1) is 27.6 Å². The molecule has 0 atom stereocenters. The highest BCUT2D eigenvalue weighted by molar-refractivity contribution is 5.48. The maximum Gasteiger partial charge on any atom is 0.349 e. The molecule has 4 nitrogen and oxygen atoms in total. The van der Waals surface area contributed by atoms with Crippen molar-refractivity contribution >= 4 is 5.69 Å². The van der Waals surface area contributed by atoms with Gasteiger partial charge in [-0.15, -0.1) is 0 Å². The number of halogens is 3. The summed E-state index contributed by atoms with van der Waals surface area (Å²) in [5, 5.41) is 10.7. The fraction of sp³-hybridized carbons (Fsp3) is 0.0769. The van der Waals surface area contributed by atoms with Gasteiger partial charge >= 0.3 is 5.69 Å². The first-order valence-electron chi connectivity index (χ1n) is 5.49. The quantitative estimate of drug-likeness (QED) is 0.489. The second kappa shape index (κ2) is 5.60. The topological polar surface area (TPSA) is 52.4 Å². The van der Waals surface area contributed by atoms with Crippen LogP contribution in [0.15, 0.2) is 36.4 Å². The van der Waals surface area contributed by atoms with Crippen molar-refractivity contribution in [2.45, 2.75) is 6.61 Å². The number of hydrogen-bond donors (Lipinski definition) is 0. The van der Waals surface area contributed by atoms with Crippen molar-refractivity contribution in [2.75, 3.05) is 0 Å². The van der Waals surface area contributed by atoms with Crippen LogP contribution in [0.25, 0.3) is 0 Å². The molecular formula is C13H8F3NO3. The van der Waals surface area contributed by atoms with Gasteiger partial charge in [-0.05, 0) is 5.56 Å². The molecule has 0 aliphatic rings. The molecule has 0 unspecified atom stereocenters. The Morgan fingerprint density at radius 1 is 1.10 bits per heavy atom. The Labute approximate surface area is 111 Å². The summed E-state index contributed by atoms with van der Waals surface area (Å²) in [6, 6.07) is 8.96. The van der Waals surface area contributed by atoms with Crippen LogP contribution >= 0.6 is 0 Å². The number of nitrogens with zero attached hydrogens (tertiary/aromatic N) is 1. The molecule has 0 N–H and O–H groups in total. The van der Waals surface area contributed by atoms with E-state index in [0.717, 1.165) is 0 Å². The van der Waals surface area contributed by atoms with Crippen LogP contribution in [0.2, 0.25) is 0 Å². The van der Waals surface area contributed by atoms with Gasteiger partial charge in [-0.3, -0.25) is 10.1 Å². The molecule has 7 heteroatoms. The first-order chi connectivity index (χ1) is 9.50. The molecule has 0 aromatic heterocycles. The lowest BCUT2D eigenvalue weighted by atomic mass is 10.2. The van der Waals surface area contributed by atoms with Crippen molar-refractivity contribution in [2.24, 2.45) is 0 Å². The molecule has 0 bridgehead atoms. The summed E-state index contributed by atoms with van der Waals surface area (Å²) in [5.74, 6) is -5.98. The zero-order valence-corrected chi connectivity index (χ0v) is 9.98. The molecule has 0 spiro atoms. The van der Waals surface area contributed by atoms with E-state index < -0.39 is 33.8 Å². The van der Waals surface area contributed by atoms with Crippen LogP contribution in [0.3, 0.4) is 0 Å².